The van der Waals surface area contributed by atoms with Crippen LogP contribution in [0.15, 0.2) is 42.1 Å². The minimum absolute atomic E-state index is 0.0389. The van der Waals surface area contributed by atoms with Crippen molar-refractivity contribution in [1.29, 1.82) is 5.26 Å². The van der Waals surface area contributed by atoms with E-state index in [1.165, 1.54) is 28.3 Å². The number of nitrogens with one attached hydrogen (secondary N) is 1. The first-order valence-electron chi connectivity index (χ1n) is 11.6. The average molecular weight is 548 g/mol. The number of thioether (sulfide) groups is 1. The van der Waals surface area contributed by atoms with Crippen LogP contribution < -0.4 is 10.1 Å². The second kappa shape index (κ2) is 11.8. The molecule has 0 radical (unpaired) electrons. The van der Waals surface area contributed by atoms with E-state index in [0.717, 1.165) is 61.6 Å². The maximum absolute atomic E-state index is 13.0. The van der Waals surface area contributed by atoms with Gasteiger partial charge in [0.1, 0.15) is 23.4 Å². The summed E-state index contributed by atoms with van der Waals surface area (Å²) in [5, 5.41) is 21.8. The second-order valence-corrected chi connectivity index (χ2v) is 10.4. The second-order valence-electron chi connectivity index (χ2n) is 8.33. The van der Waals surface area contributed by atoms with Gasteiger partial charge in [-0.2, -0.15) is 18.4 Å². The number of halogens is 3. The quantitative estimate of drug-likeness (QED) is 0.201. The van der Waals surface area contributed by atoms with Gasteiger partial charge >= 0.3 is 6.18 Å². The van der Waals surface area contributed by atoms with Crippen molar-refractivity contribution < 1.29 is 22.7 Å². The van der Waals surface area contributed by atoms with Gasteiger partial charge in [-0.25, -0.2) is 0 Å². The number of thiophene rings is 1. The lowest BCUT2D eigenvalue weighted by molar-refractivity contribution is -0.137. The predicted octanol–water partition coefficient (Wildman–Crippen LogP) is 5.99. The Morgan fingerprint density at radius 3 is 2.86 bits per heavy atom. The molecule has 0 saturated carbocycles. The SMILES string of the molecule is C=CCn1c(COc2cccc(C(F)(F)F)c2)nnc1SCC(=O)Nc1sc2c(c1C#N)CCCCC2. The number of allylic oxidation sites excluding steroid dienone is 1. The van der Waals surface area contributed by atoms with Crippen LogP contribution in [0.3, 0.4) is 0 Å². The van der Waals surface area contributed by atoms with Crippen molar-refractivity contribution in [1.82, 2.24) is 14.8 Å². The highest BCUT2D eigenvalue weighted by atomic mass is 32.2. The molecule has 37 heavy (non-hydrogen) atoms. The molecule has 0 fully saturated rings. The lowest BCUT2D eigenvalue weighted by Crippen LogP contribution is -2.15. The molecule has 0 unspecified atom stereocenters. The Kier molecular flexibility index (Phi) is 8.56. The number of carbonyl (C=O) groups is 1. The summed E-state index contributed by atoms with van der Waals surface area (Å²) in [7, 11) is 0. The monoisotopic (exact) mass is 547 g/mol. The number of alkyl halides is 3. The zero-order valence-electron chi connectivity index (χ0n) is 19.8. The summed E-state index contributed by atoms with van der Waals surface area (Å²) in [5.41, 5.74) is 0.815. The van der Waals surface area contributed by atoms with Crippen LogP contribution in [0.2, 0.25) is 0 Å². The number of fused-ring (bicyclic) bond motifs is 1. The van der Waals surface area contributed by atoms with E-state index in [2.05, 4.69) is 28.2 Å². The predicted molar refractivity (Wildman–Crippen MR) is 136 cm³/mol. The van der Waals surface area contributed by atoms with Crippen LogP contribution in [0.1, 0.15) is 46.7 Å². The number of nitrogens with zero attached hydrogens (tertiary/aromatic N) is 4. The lowest BCUT2D eigenvalue weighted by Gasteiger charge is -2.11. The Morgan fingerprint density at radius 2 is 2.11 bits per heavy atom. The van der Waals surface area contributed by atoms with E-state index in [1.807, 2.05) is 0 Å². The zero-order valence-corrected chi connectivity index (χ0v) is 21.4. The number of hydrogen-bond acceptors (Lipinski definition) is 7. The van der Waals surface area contributed by atoms with Gasteiger partial charge in [-0.1, -0.05) is 30.3 Å². The topological polar surface area (TPSA) is 92.8 Å². The highest BCUT2D eigenvalue weighted by molar-refractivity contribution is 7.99. The van der Waals surface area contributed by atoms with E-state index >= 15 is 0 Å². The average Bonchev–Trinajstić information content (AvgIpc) is 3.31. The van der Waals surface area contributed by atoms with Crippen LogP contribution in [0.4, 0.5) is 18.2 Å². The van der Waals surface area contributed by atoms with E-state index in [1.54, 1.807) is 10.6 Å². The van der Waals surface area contributed by atoms with E-state index < -0.39 is 11.7 Å². The Morgan fingerprint density at radius 1 is 1.30 bits per heavy atom. The number of nitriles is 1. The number of carbonyl (C=O) groups excluding carboxylic acids is 1. The summed E-state index contributed by atoms with van der Waals surface area (Å²) >= 11 is 2.64. The van der Waals surface area contributed by atoms with Crippen LogP contribution in [0.5, 0.6) is 5.75 Å². The van der Waals surface area contributed by atoms with Gasteiger partial charge in [0.05, 0.1) is 16.9 Å². The molecule has 194 valence electrons. The number of aryl methyl sites for hydroxylation is 1. The van der Waals surface area contributed by atoms with Crippen molar-refractivity contribution in [3.05, 3.63) is 64.3 Å². The highest BCUT2D eigenvalue weighted by Crippen LogP contribution is 2.37. The van der Waals surface area contributed by atoms with Gasteiger partial charge in [0.2, 0.25) is 5.91 Å². The Labute approximate surface area is 220 Å². The molecule has 1 amide bonds. The first-order valence-corrected chi connectivity index (χ1v) is 13.4. The molecule has 0 saturated heterocycles. The third-order valence-corrected chi connectivity index (χ3v) is 7.93. The number of anilines is 1. The summed E-state index contributed by atoms with van der Waals surface area (Å²) < 4.78 is 46.1. The summed E-state index contributed by atoms with van der Waals surface area (Å²) in [6.45, 7) is 3.94. The van der Waals surface area contributed by atoms with Crippen molar-refractivity contribution in [3.8, 4) is 11.8 Å². The molecule has 7 nitrogen and oxygen atoms in total. The number of aromatic nitrogens is 3. The fourth-order valence-electron chi connectivity index (χ4n) is 4.00. The third-order valence-electron chi connectivity index (χ3n) is 5.75. The first kappa shape index (κ1) is 26.8. The molecular formula is C25H24F3N5O2S2. The van der Waals surface area contributed by atoms with Crippen LogP contribution in [0, 0.1) is 11.3 Å². The van der Waals surface area contributed by atoms with Gasteiger partial charge < -0.3 is 10.1 Å². The van der Waals surface area contributed by atoms with Crippen LogP contribution in [-0.4, -0.2) is 26.4 Å². The largest absolute Gasteiger partial charge is 0.486 e. The molecule has 3 aromatic rings. The van der Waals surface area contributed by atoms with E-state index in [0.29, 0.717) is 28.1 Å². The van der Waals surface area contributed by atoms with Gasteiger partial charge in [-0.3, -0.25) is 9.36 Å². The normalized spacial score (nSPS) is 13.4. The summed E-state index contributed by atoms with van der Waals surface area (Å²) in [6, 6.07) is 6.86. The molecule has 0 aliphatic heterocycles. The van der Waals surface area contributed by atoms with Gasteiger partial charge in [-0.05, 0) is 49.4 Å². The van der Waals surface area contributed by atoms with Crippen LogP contribution >= 0.6 is 23.1 Å². The van der Waals surface area contributed by atoms with Gasteiger partial charge in [-0.15, -0.1) is 28.1 Å². The van der Waals surface area contributed by atoms with Gasteiger partial charge in [0.15, 0.2) is 11.0 Å². The fraction of sp³-hybridized carbons (Fsp3) is 0.360. The molecule has 4 rings (SSSR count). The van der Waals surface area contributed by atoms with E-state index in [9.17, 15) is 23.2 Å². The maximum atomic E-state index is 13.0. The minimum Gasteiger partial charge on any atom is -0.486 e. The van der Waals surface area contributed by atoms with Crippen molar-refractivity contribution in [2.75, 3.05) is 11.1 Å². The van der Waals surface area contributed by atoms with Crippen LogP contribution in [0.25, 0.3) is 0 Å². The molecule has 0 atom stereocenters. The third kappa shape index (κ3) is 6.53. The number of amides is 1. The van der Waals surface area contributed by atoms with Crippen molar-refractivity contribution in [2.24, 2.45) is 0 Å². The molecule has 0 bridgehead atoms. The highest BCUT2D eigenvalue weighted by Gasteiger charge is 2.30. The smallest absolute Gasteiger partial charge is 0.416 e. The summed E-state index contributed by atoms with van der Waals surface area (Å²) in [5.74, 6) is 0.206. The first-order chi connectivity index (χ1) is 17.8. The lowest BCUT2D eigenvalue weighted by atomic mass is 10.1. The molecule has 2 heterocycles. The number of ether oxygens (including phenoxy) is 1. The molecule has 2 aromatic heterocycles. The standard InChI is InChI=1S/C25H24F3N5O2S2/c1-2-11-33-21(14-35-17-8-6-7-16(12-17)25(26,27)28)31-32-24(33)36-15-22(34)30-23-19(13-29)18-9-4-3-5-10-20(18)37-23/h2,6-8,12H,1,3-5,9-11,14-15H2,(H,30,34). The zero-order chi connectivity index (χ0) is 26.4. The van der Waals surface area contributed by atoms with Crippen LogP contribution in [-0.2, 0) is 37.0 Å². The molecule has 1 aliphatic carbocycles. The Bertz CT molecular complexity index is 1330. The van der Waals surface area contributed by atoms with E-state index in [-0.39, 0.29) is 24.0 Å². The Balaban J connectivity index is 1.40. The van der Waals surface area contributed by atoms with Crippen molar-refractivity contribution in [3.63, 3.8) is 0 Å². The molecule has 1 aromatic carbocycles. The molecule has 1 aliphatic rings. The molecule has 1 N–H and O–H groups in total. The van der Waals surface area contributed by atoms with Crippen molar-refractivity contribution in [2.45, 2.75) is 56.6 Å². The summed E-state index contributed by atoms with van der Waals surface area (Å²) in [6.07, 6.45) is 2.20. The van der Waals surface area contributed by atoms with E-state index in [4.69, 9.17) is 4.74 Å². The summed E-state index contributed by atoms with van der Waals surface area (Å²) in [4.78, 5) is 13.9. The fourth-order valence-corrected chi connectivity index (χ4v) is 6.02. The van der Waals surface area contributed by atoms with Gasteiger partial charge in [0.25, 0.3) is 0 Å². The van der Waals surface area contributed by atoms with Crippen molar-refractivity contribution >= 4 is 34.0 Å². The minimum atomic E-state index is -4.47. The Hall–Kier alpha value is -3.30. The maximum Gasteiger partial charge on any atom is 0.416 e. The van der Waals surface area contributed by atoms with Gasteiger partial charge in [0, 0.05) is 11.4 Å². The number of hydrogen-bond donors (Lipinski definition) is 1. The molecule has 0 spiro atoms. The number of benzene rings is 1. The number of rotatable bonds is 9. The molecule has 12 heteroatoms. The molecular weight excluding hydrogens is 523 g/mol.